The SMILES string of the molecule is COCCN1C(=S)N(c2ccc(Br)cc2F)C2CS(=O)(=O)CC21. The Bertz CT molecular complexity index is 744. The fourth-order valence-corrected chi connectivity index (χ4v) is 5.93. The lowest BCUT2D eigenvalue weighted by Crippen LogP contribution is -2.39. The summed E-state index contributed by atoms with van der Waals surface area (Å²) in [7, 11) is -1.59. The molecular formula is C14H16BrFN2O3S2. The van der Waals surface area contributed by atoms with E-state index in [0.717, 1.165) is 0 Å². The van der Waals surface area contributed by atoms with E-state index in [-0.39, 0.29) is 23.6 Å². The Kier molecular flexibility index (Phi) is 4.65. The van der Waals surface area contributed by atoms with Crippen LogP contribution in [0, 0.1) is 5.82 Å². The Morgan fingerprint density at radius 3 is 2.74 bits per heavy atom. The molecule has 2 heterocycles. The number of rotatable bonds is 4. The van der Waals surface area contributed by atoms with Gasteiger partial charge < -0.3 is 14.5 Å². The van der Waals surface area contributed by atoms with Crippen LogP contribution >= 0.6 is 28.1 Å². The standard InChI is InChI=1S/C14H16BrFN2O3S2/c1-21-5-4-17-12-7-23(19,20)8-13(12)18(14(17)22)11-3-2-9(15)6-10(11)16/h2-3,6,12-13H,4-5,7-8H2,1H3. The van der Waals surface area contributed by atoms with E-state index in [4.69, 9.17) is 17.0 Å². The molecule has 3 rings (SSSR count). The van der Waals surface area contributed by atoms with Gasteiger partial charge in [-0.25, -0.2) is 12.8 Å². The molecule has 0 amide bonds. The molecule has 0 aliphatic carbocycles. The quantitative estimate of drug-likeness (QED) is 0.689. The van der Waals surface area contributed by atoms with Gasteiger partial charge in [0.15, 0.2) is 14.9 Å². The number of fused-ring (bicyclic) bond motifs is 1. The molecule has 0 bridgehead atoms. The molecule has 5 nitrogen and oxygen atoms in total. The maximum atomic E-state index is 14.4. The number of thiocarbonyl (C=S) groups is 1. The van der Waals surface area contributed by atoms with E-state index in [1.165, 1.54) is 6.07 Å². The molecule has 1 aromatic rings. The normalized spacial score (nSPS) is 26.0. The van der Waals surface area contributed by atoms with Gasteiger partial charge in [0.2, 0.25) is 0 Å². The molecule has 23 heavy (non-hydrogen) atoms. The summed E-state index contributed by atoms with van der Waals surface area (Å²) in [6.07, 6.45) is 0. The van der Waals surface area contributed by atoms with Gasteiger partial charge >= 0.3 is 0 Å². The van der Waals surface area contributed by atoms with Gasteiger partial charge in [-0.2, -0.15) is 0 Å². The number of hydrogen-bond acceptors (Lipinski definition) is 4. The topological polar surface area (TPSA) is 49.9 Å². The second-order valence-corrected chi connectivity index (χ2v) is 9.08. The zero-order chi connectivity index (χ0) is 16.8. The minimum Gasteiger partial charge on any atom is -0.383 e. The molecule has 2 fully saturated rings. The van der Waals surface area contributed by atoms with Crippen LogP contribution < -0.4 is 4.90 Å². The van der Waals surface area contributed by atoms with Crippen molar-refractivity contribution < 1.29 is 17.5 Å². The van der Waals surface area contributed by atoms with E-state index in [1.54, 1.807) is 24.1 Å². The zero-order valence-corrected chi connectivity index (χ0v) is 15.6. The van der Waals surface area contributed by atoms with Gasteiger partial charge in [-0.05, 0) is 30.4 Å². The largest absolute Gasteiger partial charge is 0.383 e. The Labute approximate surface area is 148 Å². The molecule has 0 aromatic heterocycles. The molecule has 2 aliphatic rings. The monoisotopic (exact) mass is 422 g/mol. The summed E-state index contributed by atoms with van der Waals surface area (Å²) in [4.78, 5) is 3.48. The molecule has 2 aliphatic heterocycles. The molecule has 2 unspecified atom stereocenters. The van der Waals surface area contributed by atoms with Crippen molar-refractivity contribution in [3.63, 3.8) is 0 Å². The highest BCUT2D eigenvalue weighted by Gasteiger charge is 2.52. The molecule has 126 valence electrons. The van der Waals surface area contributed by atoms with Crippen LogP contribution in [0.1, 0.15) is 0 Å². The van der Waals surface area contributed by atoms with Crippen LogP contribution in [0.25, 0.3) is 0 Å². The Hall–Kier alpha value is -0.770. The predicted molar refractivity (Wildman–Crippen MR) is 94.0 cm³/mol. The number of nitrogens with zero attached hydrogens (tertiary/aromatic N) is 2. The summed E-state index contributed by atoms with van der Waals surface area (Å²) in [5, 5.41) is 0.452. The third-order valence-electron chi connectivity index (χ3n) is 4.18. The fraction of sp³-hybridized carbons (Fsp3) is 0.500. The zero-order valence-electron chi connectivity index (χ0n) is 12.4. The number of hydrogen-bond donors (Lipinski definition) is 0. The number of anilines is 1. The molecule has 0 radical (unpaired) electrons. The van der Waals surface area contributed by atoms with Gasteiger partial charge in [0.05, 0.1) is 35.9 Å². The van der Waals surface area contributed by atoms with Crippen molar-refractivity contribution in [1.29, 1.82) is 0 Å². The van der Waals surface area contributed by atoms with Gasteiger partial charge in [0, 0.05) is 18.1 Å². The molecule has 9 heteroatoms. The Morgan fingerprint density at radius 2 is 2.09 bits per heavy atom. The van der Waals surface area contributed by atoms with Crippen molar-refractivity contribution >= 4 is 48.8 Å². The number of benzene rings is 1. The summed E-state index contributed by atoms with van der Waals surface area (Å²) in [6, 6.07) is 4.07. The van der Waals surface area contributed by atoms with Crippen molar-refractivity contribution in [2.24, 2.45) is 0 Å². The average Bonchev–Trinajstić information content (AvgIpc) is 2.88. The van der Waals surface area contributed by atoms with Gasteiger partial charge in [0.25, 0.3) is 0 Å². The number of ether oxygens (including phenoxy) is 1. The molecular weight excluding hydrogens is 407 g/mol. The maximum absolute atomic E-state index is 14.4. The van der Waals surface area contributed by atoms with E-state index in [1.807, 2.05) is 4.90 Å². The van der Waals surface area contributed by atoms with Crippen LogP contribution in [0.3, 0.4) is 0 Å². The second kappa shape index (κ2) is 6.27. The van der Waals surface area contributed by atoms with E-state index in [9.17, 15) is 12.8 Å². The highest BCUT2D eigenvalue weighted by Crippen LogP contribution is 2.36. The van der Waals surface area contributed by atoms with E-state index in [0.29, 0.717) is 28.4 Å². The highest BCUT2D eigenvalue weighted by molar-refractivity contribution is 9.10. The molecule has 0 saturated carbocycles. The van der Waals surface area contributed by atoms with Crippen LogP contribution in [0.4, 0.5) is 10.1 Å². The van der Waals surface area contributed by atoms with Gasteiger partial charge in [-0.1, -0.05) is 15.9 Å². The maximum Gasteiger partial charge on any atom is 0.176 e. The van der Waals surface area contributed by atoms with Crippen LogP contribution in [-0.2, 0) is 14.6 Å². The summed E-state index contributed by atoms with van der Waals surface area (Å²) in [6.45, 7) is 0.917. The molecule has 0 N–H and O–H groups in total. The molecule has 1 aromatic carbocycles. The van der Waals surface area contributed by atoms with Gasteiger partial charge in [-0.3, -0.25) is 0 Å². The molecule has 2 saturated heterocycles. The van der Waals surface area contributed by atoms with Gasteiger partial charge in [0.1, 0.15) is 5.82 Å². The van der Waals surface area contributed by atoms with Crippen LogP contribution in [0.5, 0.6) is 0 Å². The first-order valence-electron chi connectivity index (χ1n) is 7.08. The van der Waals surface area contributed by atoms with Crippen molar-refractivity contribution in [2.45, 2.75) is 12.1 Å². The smallest absolute Gasteiger partial charge is 0.176 e. The molecule has 0 spiro atoms. The summed E-state index contributed by atoms with van der Waals surface area (Å²) in [5.41, 5.74) is 0.310. The van der Waals surface area contributed by atoms with Crippen LogP contribution in [0.15, 0.2) is 22.7 Å². The first-order valence-corrected chi connectivity index (χ1v) is 10.1. The van der Waals surface area contributed by atoms with Crippen LogP contribution in [0.2, 0.25) is 0 Å². The van der Waals surface area contributed by atoms with Crippen molar-refractivity contribution in [2.75, 3.05) is 36.7 Å². The summed E-state index contributed by atoms with van der Waals surface area (Å²) >= 11 is 8.73. The first kappa shape index (κ1) is 17.1. The second-order valence-electron chi connectivity index (χ2n) is 5.65. The van der Waals surface area contributed by atoms with E-state index in [2.05, 4.69) is 15.9 Å². The fourth-order valence-electron chi connectivity index (χ4n) is 3.19. The van der Waals surface area contributed by atoms with Crippen molar-refractivity contribution in [1.82, 2.24) is 4.90 Å². The lowest BCUT2D eigenvalue weighted by atomic mass is 10.1. The average molecular weight is 423 g/mol. The minimum atomic E-state index is -3.16. The Balaban J connectivity index is 2.00. The minimum absolute atomic E-state index is 0.0171. The predicted octanol–water partition coefficient (Wildman–Crippen LogP) is 1.81. The van der Waals surface area contributed by atoms with Crippen molar-refractivity contribution in [3.8, 4) is 0 Å². The number of halogens is 2. The lowest BCUT2D eigenvalue weighted by Gasteiger charge is -2.25. The first-order chi connectivity index (χ1) is 10.8. The summed E-state index contributed by atoms with van der Waals surface area (Å²) < 4.78 is 44.2. The van der Waals surface area contributed by atoms with Gasteiger partial charge in [-0.15, -0.1) is 0 Å². The van der Waals surface area contributed by atoms with E-state index < -0.39 is 15.7 Å². The number of methoxy groups -OCH3 is 1. The summed E-state index contributed by atoms with van der Waals surface area (Å²) in [5.74, 6) is -0.411. The van der Waals surface area contributed by atoms with Crippen LogP contribution in [-0.4, -0.2) is 62.3 Å². The van der Waals surface area contributed by atoms with E-state index >= 15 is 0 Å². The highest BCUT2D eigenvalue weighted by atomic mass is 79.9. The Morgan fingerprint density at radius 1 is 1.39 bits per heavy atom. The number of sulfone groups is 1. The third kappa shape index (κ3) is 3.11. The lowest BCUT2D eigenvalue weighted by molar-refractivity contribution is 0.169. The molecule has 2 atom stereocenters. The van der Waals surface area contributed by atoms with Crippen molar-refractivity contribution in [3.05, 3.63) is 28.5 Å². The third-order valence-corrected chi connectivity index (χ3v) is 6.81.